The first-order valence-electron chi connectivity index (χ1n) is 5.70. The highest BCUT2D eigenvalue weighted by molar-refractivity contribution is 5.20. The summed E-state index contributed by atoms with van der Waals surface area (Å²) in [5.74, 6) is 0. The van der Waals surface area contributed by atoms with Gasteiger partial charge in [0, 0.05) is 18.8 Å². The minimum atomic E-state index is 0.0442. The average molecular weight is 208 g/mol. The van der Waals surface area contributed by atoms with Crippen LogP contribution in [0.3, 0.4) is 0 Å². The van der Waals surface area contributed by atoms with Gasteiger partial charge in [-0.15, -0.1) is 0 Å². The van der Waals surface area contributed by atoms with Gasteiger partial charge in [0.1, 0.15) is 0 Å². The highest BCUT2D eigenvalue weighted by Gasteiger charge is 2.08. The Bertz CT molecular complexity index is 239. The Morgan fingerprint density at radius 1 is 1.60 bits per heavy atom. The molecule has 2 nitrogen and oxygen atoms in total. The van der Waals surface area contributed by atoms with Crippen LogP contribution in [-0.2, 0) is 0 Å². The molecule has 1 unspecified atom stereocenters. The quantitative estimate of drug-likeness (QED) is 0.745. The Balaban J connectivity index is 0.000000921. The van der Waals surface area contributed by atoms with Crippen molar-refractivity contribution in [3.05, 3.63) is 36.1 Å². The van der Waals surface area contributed by atoms with Gasteiger partial charge < -0.3 is 11.1 Å². The van der Waals surface area contributed by atoms with E-state index in [1.165, 1.54) is 5.57 Å². The van der Waals surface area contributed by atoms with Crippen LogP contribution < -0.4 is 11.1 Å². The summed E-state index contributed by atoms with van der Waals surface area (Å²) in [7, 11) is 1.86. The van der Waals surface area contributed by atoms with Crippen LogP contribution in [0.4, 0.5) is 0 Å². The van der Waals surface area contributed by atoms with E-state index in [-0.39, 0.29) is 6.04 Å². The second kappa shape index (κ2) is 8.30. The van der Waals surface area contributed by atoms with E-state index in [1.807, 2.05) is 20.9 Å². The Morgan fingerprint density at radius 3 is 2.73 bits per heavy atom. The second-order valence-corrected chi connectivity index (χ2v) is 3.38. The molecule has 0 bridgehead atoms. The lowest BCUT2D eigenvalue weighted by Crippen LogP contribution is -2.29. The van der Waals surface area contributed by atoms with Gasteiger partial charge in [0.05, 0.1) is 0 Å². The van der Waals surface area contributed by atoms with Crippen LogP contribution in [0.2, 0.25) is 0 Å². The van der Waals surface area contributed by atoms with Gasteiger partial charge in [-0.05, 0) is 19.3 Å². The minimum absolute atomic E-state index is 0.0442. The predicted octanol–water partition coefficient (Wildman–Crippen LogP) is 2.74. The molecule has 0 spiro atoms. The van der Waals surface area contributed by atoms with Crippen molar-refractivity contribution in [2.75, 3.05) is 7.05 Å². The Morgan fingerprint density at radius 2 is 2.27 bits per heavy atom. The molecule has 0 fully saturated rings. The molecule has 1 atom stereocenters. The number of nitrogens with two attached hydrogens (primary N) is 1. The van der Waals surface area contributed by atoms with Crippen molar-refractivity contribution >= 4 is 0 Å². The molecule has 3 N–H and O–H groups in total. The van der Waals surface area contributed by atoms with E-state index in [1.54, 1.807) is 0 Å². The van der Waals surface area contributed by atoms with Crippen LogP contribution in [0.15, 0.2) is 36.1 Å². The number of hydrogen-bond acceptors (Lipinski definition) is 2. The lowest BCUT2D eigenvalue weighted by Gasteiger charge is -2.17. The zero-order valence-electron chi connectivity index (χ0n) is 10.2. The maximum Gasteiger partial charge on any atom is 0.0476 e. The van der Waals surface area contributed by atoms with Crippen LogP contribution in [0.25, 0.3) is 0 Å². The van der Waals surface area contributed by atoms with Gasteiger partial charge in [0.15, 0.2) is 0 Å². The van der Waals surface area contributed by atoms with Gasteiger partial charge >= 0.3 is 0 Å². The molecule has 1 aliphatic rings. The Labute approximate surface area is 93.9 Å². The van der Waals surface area contributed by atoms with Crippen molar-refractivity contribution in [1.82, 2.24) is 5.32 Å². The molecule has 0 aromatic carbocycles. The molecule has 0 aliphatic heterocycles. The first kappa shape index (κ1) is 14.0. The van der Waals surface area contributed by atoms with E-state index in [0.29, 0.717) is 0 Å². The molecule has 0 aromatic heterocycles. The monoisotopic (exact) mass is 208 g/mol. The molecule has 1 rings (SSSR count). The SMILES string of the molecule is C=C(NC)C(N)CC1=CC=CCC1.CC. The molecule has 0 heterocycles. The van der Waals surface area contributed by atoms with Crippen LogP contribution in [0, 0.1) is 0 Å². The molecule has 0 aromatic rings. The number of hydrogen-bond donors (Lipinski definition) is 2. The number of rotatable bonds is 4. The van der Waals surface area contributed by atoms with E-state index >= 15 is 0 Å². The maximum atomic E-state index is 5.93. The second-order valence-electron chi connectivity index (χ2n) is 3.38. The molecule has 86 valence electrons. The van der Waals surface area contributed by atoms with Crippen molar-refractivity contribution in [2.24, 2.45) is 5.73 Å². The van der Waals surface area contributed by atoms with Gasteiger partial charge in [-0.1, -0.05) is 44.2 Å². The standard InChI is InChI=1S/C11H18N2.C2H6/c1-9(13-2)11(12)8-10-6-4-3-5-7-10;1-2/h3-4,6,11,13H,1,5,7-8,12H2,2H3;1-2H3. The average Bonchev–Trinajstić information content (AvgIpc) is 2.32. The van der Waals surface area contributed by atoms with Crippen LogP contribution >= 0.6 is 0 Å². The fraction of sp³-hybridized carbons (Fsp3) is 0.538. The van der Waals surface area contributed by atoms with E-state index < -0.39 is 0 Å². The first-order chi connectivity index (χ1) is 7.24. The summed E-state index contributed by atoms with van der Waals surface area (Å²) in [6.07, 6.45) is 9.65. The Kier molecular flexibility index (Phi) is 7.74. The first-order valence-corrected chi connectivity index (χ1v) is 5.70. The molecule has 0 amide bonds. The molecule has 0 radical (unpaired) electrons. The van der Waals surface area contributed by atoms with Crippen molar-refractivity contribution in [3.8, 4) is 0 Å². The summed E-state index contributed by atoms with van der Waals surface area (Å²) in [5, 5.41) is 2.99. The molecule has 0 saturated heterocycles. The third kappa shape index (κ3) is 5.43. The molecule has 15 heavy (non-hydrogen) atoms. The fourth-order valence-corrected chi connectivity index (χ4v) is 1.41. The normalized spacial score (nSPS) is 15.9. The molecule has 2 heteroatoms. The zero-order chi connectivity index (χ0) is 11.7. The van der Waals surface area contributed by atoms with Crippen LogP contribution in [0.1, 0.15) is 33.1 Å². The largest absolute Gasteiger partial charge is 0.391 e. The van der Waals surface area contributed by atoms with E-state index in [2.05, 4.69) is 30.1 Å². The topological polar surface area (TPSA) is 38.0 Å². The molecule has 1 aliphatic carbocycles. The van der Waals surface area contributed by atoms with Crippen molar-refractivity contribution in [3.63, 3.8) is 0 Å². The van der Waals surface area contributed by atoms with Crippen molar-refractivity contribution in [1.29, 1.82) is 0 Å². The number of likely N-dealkylation sites (N-methyl/N-ethyl adjacent to an activating group) is 1. The van der Waals surface area contributed by atoms with Gasteiger partial charge in [0.2, 0.25) is 0 Å². The fourth-order valence-electron chi connectivity index (χ4n) is 1.41. The summed E-state index contributed by atoms with van der Waals surface area (Å²) < 4.78 is 0. The molecular formula is C13H24N2. The lowest BCUT2D eigenvalue weighted by atomic mass is 9.97. The van der Waals surface area contributed by atoms with Gasteiger partial charge in [-0.25, -0.2) is 0 Å². The third-order valence-corrected chi connectivity index (χ3v) is 2.35. The predicted molar refractivity (Wildman–Crippen MR) is 68.6 cm³/mol. The number of allylic oxidation sites excluding steroid dienone is 3. The smallest absolute Gasteiger partial charge is 0.0476 e. The summed E-state index contributed by atoms with van der Waals surface area (Å²) in [6.45, 7) is 7.86. The van der Waals surface area contributed by atoms with Gasteiger partial charge in [-0.2, -0.15) is 0 Å². The van der Waals surface area contributed by atoms with Crippen LogP contribution in [0.5, 0.6) is 0 Å². The Hall–Kier alpha value is -1.02. The van der Waals surface area contributed by atoms with Gasteiger partial charge in [-0.3, -0.25) is 0 Å². The third-order valence-electron chi connectivity index (χ3n) is 2.35. The summed E-state index contributed by atoms with van der Waals surface area (Å²) in [6, 6.07) is 0.0442. The van der Waals surface area contributed by atoms with E-state index in [9.17, 15) is 0 Å². The zero-order valence-corrected chi connectivity index (χ0v) is 10.2. The summed E-state index contributed by atoms with van der Waals surface area (Å²) in [5.41, 5.74) is 8.27. The summed E-state index contributed by atoms with van der Waals surface area (Å²) in [4.78, 5) is 0. The highest BCUT2D eigenvalue weighted by atomic mass is 14.9. The van der Waals surface area contributed by atoms with E-state index in [4.69, 9.17) is 5.73 Å². The van der Waals surface area contributed by atoms with Crippen molar-refractivity contribution in [2.45, 2.75) is 39.2 Å². The van der Waals surface area contributed by atoms with Gasteiger partial charge in [0.25, 0.3) is 0 Å². The van der Waals surface area contributed by atoms with E-state index in [0.717, 1.165) is 25.0 Å². The van der Waals surface area contributed by atoms with Crippen molar-refractivity contribution < 1.29 is 0 Å². The lowest BCUT2D eigenvalue weighted by molar-refractivity contribution is 0.684. The maximum absolute atomic E-state index is 5.93. The molecule has 0 saturated carbocycles. The van der Waals surface area contributed by atoms with Crippen LogP contribution in [-0.4, -0.2) is 13.1 Å². The highest BCUT2D eigenvalue weighted by Crippen LogP contribution is 2.17. The number of nitrogens with one attached hydrogen (secondary N) is 1. The molecular weight excluding hydrogens is 184 g/mol. The summed E-state index contributed by atoms with van der Waals surface area (Å²) >= 11 is 0. The minimum Gasteiger partial charge on any atom is -0.391 e.